The molecule has 9 heteroatoms. The van der Waals surface area contributed by atoms with Crippen molar-refractivity contribution in [2.45, 2.75) is 25.3 Å². The molecule has 0 radical (unpaired) electrons. The number of aromatic nitrogens is 1. The molecule has 0 unspecified atom stereocenters. The summed E-state index contributed by atoms with van der Waals surface area (Å²) in [5, 5.41) is 24.8. The van der Waals surface area contributed by atoms with Gasteiger partial charge in [0.2, 0.25) is 0 Å². The smallest absolute Gasteiger partial charge is 0.308 e. The maximum Gasteiger partial charge on any atom is 0.308 e. The number of nitro benzene ring substituents is 1. The van der Waals surface area contributed by atoms with Crippen molar-refractivity contribution in [3.63, 3.8) is 0 Å². The number of aliphatic carboxylic acids is 1. The number of nitrogens with one attached hydrogen (secondary N) is 1. The number of thiazole rings is 1. The molecule has 3 rings (SSSR count). The highest BCUT2D eigenvalue weighted by atomic mass is 32.1. The molecule has 2 N–H and O–H groups in total. The van der Waals surface area contributed by atoms with Crippen LogP contribution in [-0.4, -0.2) is 32.9 Å². The minimum absolute atomic E-state index is 0.0473. The van der Waals surface area contributed by atoms with E-state index in [2.05, 4.69) is 10.3 Å². The highest BCUT2D eigenvalue weighted by Crippen LogP contribution is 2.28. The highest BCUT2D eigenvalue weighted by molar-refractivity contribution is 7.13. The van der Waals surface area contributed by atoms with Crippen LogP contribution in [0.1, 0.15) is 29.8 Å². The first kappa shape index (κ1) is 17.0. The van der Waals surface area contributed by atoms with Crippen molar-refractivity contribution in [3.05, 3.63) is 45.5 Å². The maximum atomic E-state index is 12.3. The molecule has 1 aliphatic rings. The number of carboxylic acid groups (broad SMARTS) is 1. The van der Waals surface area contributed by atoms with Crippen molar-refractivity contribution in [1.82, 2.24) is 10.3 Å². The van der Waals surface area contributed by atoms with Crippen LogP contribution in [0.3, 0.4) is 0 Å². The number of carbonyl (C=O) groups excluding carboxylic acids is 1. The lowest BCUT2D eigenvalue weighted by atomic mass is 10.0. The molecule has 1 aromatic heterocycles. The molecule has 8 nitrogen and oxygen atoms in total. The largest absolute Gasteiger partial charge is 0.481 e. The van der Waals surface area contributed by atoms with E-state index in [4.69, 9.17) is 0 Å². The van der Waals surface area contributed by atoms with Crippen LogP contribution in [0.2, 0.25) is 0 Å². The summed E-state index contributed by atoms with van der Waals surface area (Å²) >= 11 is 1.21. The van der Waals surface area contributed by atoms with Gasteiger partial charge in [0.15, 0.2) is 0 Å². The van der Waals surface area contributed by atoms with E-state index in [9.17, 15) is 24.8 Å². The van der Waals surface area contributed by atoms with E-state index in [1.54, 1.807) is 17.5 Å². The van der Waals surface area contributed by atoms with Gasteiger partial charge < -0.3 is 10.4 Å². The maximum absolute atomic E-state index is 12.3. The van der Waals surface area contributed by atoms with Crippen LogP contribution in [0.4, 0.5) is 5.69 Å². The molecular formula is C16H15N3O5S. The molecule has 1 amide bonds. The molecule has 1 aliphatic carbocycles. The van der Waals surface area contributed by atoms with Gasteiger partial charge in [-0.3, -0.25) is 19.7 Å². The summed E-state index contributed by atoms with van der Waals surface area (Å²) < 4.78 is 0. The zero-order valence-electron chi connectivity index (χ0n) is 13.0. The van der Waals surface area contributed by atoms with Gasteiger partial charge >= 0.3 is 5.97 Å². The SMILES string of the molecule is O=C(N[C@H]1CCC[C@H]1C(=O)O)c1csc(-c2cccc([N+](=O)[O-])c2)n1. The third-order valence-corrected chi connectivity index (χ3v) is 5.08. The van der Waals surface area contributed by atoms with Crippen molar-refractivity contribution < 1.29 is 19.6 Å². The number of benzene rings is 1. The molecule has 0 spiro atoms. The third kappa shape index (κ3) is 3.66. The zero-order chi connectivity index (χ0) is 18.0. The van der Waals surface area contributed by atoms with Gasteiger partial charge in [-0.1, -0.05) is 18.6 Å². The Bertz CT molecular complexity index is 835. The molecule has 1 fully saturated rings. The highest BCUT2D eigenvalue weighted by Gasteiger charge is 2.34. The number of hydrogen-bond donors (Lipinski definition) is 2. The molecule has 0 aliphatic heterocycles. The van der Waals surface area contributed by atoms with Crippen molar-refractivity contribution in [3.8, 4) is 10.6 Å². The Kier molecular flexibility index (Phi) is 4.75. The molecule has 1 aromatic carbocycles. The Labute approximate surface area is 146 Å². The number of nitro groups is 1. The summed E-state index contributed by atoms with van der Waals surface area (Å²) in [6, 6.07) is 5.64. The second-order valence-electron chi connectivity index (χ2n) is 5.80. The van der Waals surface area contributed by atoms with Crippen LogP contribution >= 0.6 is 11.3 Å². The van der Waals surface area contributed by atoms with E-state index < -0.39 is 28.8 Å². The monoisotopic (exact) mass is 361 g/mol. The average Bonchev–Trinajstić information content (AvgIpc) is 3.24. The number of rotatable bonds is 5. The number of hydrogen-bond acceptors (Lipinski definition) is 6. The molecule has 0 bridgehead atoms. The minimum atomic E-state index is -0.904. The zero-order valence-corrected chi connectivity index (χ0v) is 13.9. The van der Waals surface area contributed by atoms with Crippen LogP contribution in [0.15, 0.2) is 29.6 Å². The molecule has 0 saturated heterocycles. The molecular weight excluding hydrogens is 346 g/mol. The van der Waals surface area contributed by atoms with E-state index in [1.807, 2.05) is 0 Å². The predicted octanol–water partition coefficient (Wildman–Crippen LogP) is 2.70. The fourth-order valence-corrected chi connectivity index (χ4v) is 3.73. The first-order valence-electron chi connectivity index (χ1n) is 7.69. The molecule has 1 heterocycles. The van der Waals surface area contributed by atoms with Crippen LogP contribution in [0.5, 0.6) is 0 Å². The van der Waals surface area contributed by atoms with Gasteiger partial charge in [0.1, 0.15) is 10.7 Å². The van der Waals surface area contributed by atoms with Gasteiger partial charge in [-0.25, -0.2) is 4.98 Å². The van der Waals surface area contributed by atoms with Gasteiger partial charge in [0, 0.05) is 29.1 Å². The molecule has 1 saturated carbocycles. The molecule has 2 aromatic rings. The second kappa shape index (κ2) is 6.98. The van der Waals surface area contributed by atoms with Gasteiger partial charge in [-0.15, -0.1) is 11.3 Å². The van der Waals surface area contributed by atoms with E-state index in [-0.39, 0.29) is 11.4 Å². The van der Waals surface area contributed by atoms with Gasteiger partial charge in [0.25, 0.3) is 11.6 Å². The van der Waals surface area contributed by atoms with Gasteiger partial charge in [0.05, 0.1) is 10.8 Å². The Morgan fingerprint density at radius 3 is 2.88 bits per heavy atom. The lowest BCUT2D eigenvalue weighted by Gasteiger charge is -2.16. The third-order valence-electron chi connectivity index (χ3n) is 4.19. The van der Waals surface area contributed by atoms with Crippen LogP contribution < -0.4 is 5.32 Å². The Balaban J connectivity index is 1.75. The van der Waals surface area contributed by atoms with E-state index in [0.29, 0.717) is 23.4 Å². The quantitative estimate of drug-likeness (QED) is 0.623. The molecule has 25 heavy (non-hydrogen) atoms. The van der Waals surface area contributed by atoms with Crippen LogP contribution in [-0.2, 0) is 4.79 Å². The van der Waals surface area contributed by atoms with Crippen LogP contribution in [0, 0.1) is 16.0 Å². The number of carbonyl (C=O) groups is 2. The first-order chi connectivity index (χ1) is 12.0. The van der Waals surface area contributed by atoms with Crippen molar-refractivity contribution in [2.75, 3.05) is 0 Å². The van der Waals surface area contributed by atoms with Crippen LogP contribution in [0.25, 0.3) is 10.6 Å². The van der Waals surface area contributed by atoms with Gasteiger partial charge in [-0.2, -0.15) is 0 Å². The first-order valence-corrected chi connectivity index (χ1v) is 8.57. The predicted molar refractivity (Wildman–Crippen MR) is 90.4 cm³/mol. The summed E-state index contributed by atoms with van der Waals surface area (Å²) in [6.45, 7) is 0. The summed E-state index contributed by atoms with van der Waals surface area (Å²) in [5.41, 5.74) is 0.694. The van der Waals surface area contributed by atoms with Crippen molar-refractivity contribution in [2.24, 2.45) is 5.92 Å². The fraction of sp³-hybridized carbons (Fsp3) is 0.312. The number of amides is 1. The summed E-state index contributed by atoms with van der Waals surface area (Å²) in [6.07, 6.45) is 1.94. The Morgan fingerprint density at radius 1 is 1.36 bits per heavy atom. The van der Waals surface area contributed by atoms with Gasteiger partial charge in [-0.05, 0) is 12.8 Å². The standard InChI is InChI=1S/C16H15N3O5S/c20-14(17-12-6-2-5-11(12)16(21)22)13-8-25-15(18-13)9-3-1-4-10(7-9)19(23)24/h1,3-4,7-8,11-12H,2,5-6H2,(H,17,20)(H,21,22)/t11-,12+/m1/s1. The molecule has 130 valence electrons. The van der Waals surface area contributed by atoms with E-state index >= 15 is 0 Å². The summed E-state index contributed by atoms with van der Waals surface area (Å²) in [7, 11) is 0. The summed E-state index contributed by atoms with van der Waals surface area (Å²) in [4.78, 5) is 38.1. The van der Waals surface area contributed by atoms with E-state index in [0.717, 1.165) is 6.42 Å². The minimum Gasteiger partial charge on any atom is -0.481 e. The second-order valence-corrected chi connectivity index (χ2v) is 6.66. The Hall–Kier alpha value is -2.81. The number of carboxylic acids is 1. The summed E-state index contributed by atoms with van der Waals surface area (Å²) in [5.74, 6) is -1.90. The topological polar surface area (TPSA) is 122 Å². The fourth-order valence-electron chi connectivity index (χ4n) is 2.93. The Morgan fingerprint density at radius 2 is 2.16 bits per heavy atom. The average molecular weight is 361 g/mol. The van der Waals surface area contributed by atoms with E-state index in [1.165, 1.54) is 23.5 Å². The number of nitrogens with zero attached hydrogens (tertiary/aromatic N) is 2. The molecule has 2 atom stereocenters. The normalized spacial score (nSPS) is 19.5. The lowest BCUT2D eigenvalue weighted by molar-refractivity contribution is -0.384. The number of non-ortho nitro benzene ring substituents is 1. The van der Waals surface area contributed by atoms with Crippen molar-refractivity contribution in [1.29, 1.82) is 0 Å². The van der Waals surface area contributed by atoms with Crippen molar-refractivity contribution >= 4 is 28.9 Å². The lowest BCUT2D eigenvalue weighted by Crippen LogP contribution is -2.40.